The van der Waals surface area contributed by atoms with Crippen molar-refractivity contribution in [3.8, 4) is 0 Å². The van der Waals surface area contributed by atoms with Crippen LogP contribution in [0.2, 0.25) is 0 Å². The summed E-state index contributed by atoms with van der Waals surface area (Å²) >= 11 is 4.22. The van der Waals surface area contributed by atoms with Crippen LogP contribution in [0.25, 0.3) is 0 Å². The summed E-state index contributed by atoms with van der Waals surface area (Å²) < 4.78 is 0. The summed E-state index contributed by atoms with van der Waals surface area (Å²) in [5.41, 5.74) is 1.42. The normalized spacial score (nSPS) is 15.7. The Balaban J connectivity index is 1.99. The Morgan fingerprint density at radius 1 is 1.37 bits per heavy atom. The van der Waals surface area contributed by atoms with Crippen LogP contribution < -0.4 is 10.6 Å². The van der Waals surface area contributed by atoms with Crippen molar-refractivity contribution in [3.05, 3.63) is 29.3 Å². The molecule has 1 atom stereocenters. The molecule has 0 spiro atoms. The molecule has 1 aromatic rings. The van der Waals surface area contributed by atoms with Gasteiger partial charge in [-0.05, 0) is 44.4 Å². The molecule has 1 fully saturated rings. The minimum absolute atomic E-state index is 0.129. The van der Waals surface area contributed by atoms with Gasteiger partial charge in [0.2, 0.25) is 5.91 Å². The number of hydrogen-bond donors (Lipinski definition) is 3. The zero-order valence-corrected chi connectivity index (χ0v) is 12.0. The zero-order chi connectivity index (χ0) is 14.0. The lowest BCUT2D eigenvalue weighted by Crippen LogP contribution is -2.45. The van der Waals surface area contributed by atoms with Crippen LogP contribution >= 0.6 is 12.6 Å². The molecule has 0 heterocycles. The minimum atomic E-state index is -0.531. The van der Waals surface area contributed by atoms with Crippen LogP contribution in [0.15, 0.2) is 23.1 Å². The van der Waals surface area contributed by atoms with E-state index >= 15 is 0 Å². The Morgan fingerprint density at radius 3 is 2.68 bits per heavy atom. The lowest BCUT2D eigenvalue weighted by Gasteiger charge is -2.15. The summed E-state index contributed by atoms with van der Waals surface area (Å²) in [6.45, 7) is 3.55. The Morgan fingerprint density at radius 2 is 2.05 bits per heavy atom. The van der Waals surface area contributed by atoms with E-state index in [1.807, 2.05) is 19.1 Å². The fourth-order valence-corrected chi connectivity index (χ4v) is 1.95. The molecule has 0 bridgehead atoms. The van der Waals surface area contributed by atoms with Crippen molar-refractivity contribution < 1.29 is 9.59 Å². The Bertz CT molecular complexity index is 512. The van der Waals surface area contributed by atoms with Gasteiger partial charge >= 0.3 is 0 Å². The molecule has 0 aliphatic heterocycles. The molecular weight excluding hydrogens is 260 g/mol. The van der Waals surface area contributed by atoms with Crippen LogP contribution in [-0.4, -0.2) is 23.9 Å². The van der Waals surface area contributed by atoms with Crippen LogP contribution in [0.1, 0.15) is 35.7 Å². The molecule has 1 aliphatic carbocycles. The predicted octanol–water partition coefficient (Wildman–Crippen LogP) is 1.68. The SMILES string of the molecule is Cc1ccc(S)cc1C(=O)NC(C)C(=O)NC1CC1. The van der Waals surface area contributed by atoms with Crippen molar-refractivity contribution in [1.82, 2.24) is 10.6 Å². The molecule has 1 unspecified atom stereocenters. The largest absolute Gasteiger partial charge is 0.352 e. The lowest BCUT2D eigenvalue weighted by molar-refractivity contribution is -0.122. The number of hydrogen-bond acceptors (Lipinski definition) is 3. The van der Waals surface area contributed by atoms with Crippen molar-refractivity contribution in [1.29, 1.82) is 0 Å². The summed E-state index contributed by atoms with van der Waals surface area (Å²) in [7, 11) is 0. The molecule has 4 nitrogen and oxygen atoms in total. The first-order valence-electron chi connectivity index (χ1n) is 6.38. The monoisotopic (exact) mass is 278 g/mol. The molecule has 0 radical (unpaired) electrons. The highest BCUT2D eigenvalue weighted by molar-refractivity contribution is 7.80. The van der Waals surface area contributed by atoms with E-state index in [4.69, 9.17) is 0 Å². The van der Waals surface area contributed by atoms with E-state index < -0.39 is 6.04 Å². The van der Waals surface area contributed by atoms with Crippen molar-refractivity contribution >= 4 is 24.4 Å². The maximum atomic E-state index is 12.1. The first-order valence-corrected chi connectivity index (χ1v) is 6.83. The third kappa shape index (κ3) is 3.73. The van der Waals surface area contributed by atoms with Gasteiger partial charge in [0.05, 0.1) is 0 Å². The third-order valence-electron chi connectivity index (χ3n) is 3.13. The molecule has 0 saturated heterocycles. The van der Waals surface area contributed by atoms with E-state index in [9.17, 15) is 9.59 Å². The highest BCUT2D eigenvalue weighted by atomic mass is 32.1. The molecule has 5 heteroatoms. The number of rotatable bonds is 4. The number of amides is 2. The smallest absolute Gasteiger partial charge is 0.252 e. The first kappa shape index (κ1) is 13.9. The predicted molar refractivity (Wildman–Crippen MR) is 76.5 cm³/mol. The van der Waals surface area contributed by atoms with Crippen LogP contribution in [0.3, 0.4) is 0 Å². The fraction of sp³-hybridized carbons (Fsp3) is 0.429. The van der Waals surface area contributed by atoms with E-state index in [1.54, 1.807) is 13.0 Å². The molecular formula is C14H18N2O2S. The second-order valence-corrected chi connectivity index (χ2v) is 5.49. The van der Waals surface area contributed by atoms with Gasteiger partial charge in [-0.15, -0.1) is 12.6 Å². The summed E-state index contributed by atoms with van der Waals surface area (Å²) in [4.78, 5) is 24.6. The molecule has 0 aromatic heterocycles. The standard InChI is InChI=1S/C14H18N2O2S/c1-8-3-6-11(19)7-12(8)14(18)15-9(2)13(17)16-10-4-5-10/h3,6-7,9-10,19H,4-5H2,1-2H3,(H,15,18)(H,16,17). The van der Waals surface area contributed by atoms with Gasteiger partial charge in [-0.25, -0.2) is 0 Å². The Labute approximate surface area is 118 Å². The van der Waals surface area contributed by atoms with Gasteiger partial charge in [0.1, 0.15) is 6.04 Å². The highest BCUT2D eigenvalue weighted by Gasteiger charge is 2.26. The fourth-order valence-electron chi connectivity index (χ4n) is 1.75. The first-order chi connectivity index (χ1) is 8.97. The lowest BCUT2D eigenvalue weighted by atomic mass is 10.1. The molecule has 19 heavy (non-hydrogen) atoms. The van der Waals surface area contributed by atoms with Crippen LogP contribution in [0, 0.1) is 6.92 Å². The van der Waals surface area contributed by atoms with Crippen LogP contribution in [0.5, 0.6) is 0 Å². The number of thiol groups is 1. The third-order valence-corrected chi connectivity index (χ3v) is 3.41. The number of carbonyl (C=O) groups is 2. The van der Waals surface area contributed by atoms with Gasteiger partial charge in [0.15, 0.2) is 0 Å². The highest BCUT2D eigenvalue weighted by Crippen LogP contribution is 2.18. The second-order valence-electron chi connectivity index (χ2n) is 4.98. The van der Waals surface area contributed by atoms with Crippen molar-refractivity contribution in [2.45, 2.75) is 43.7 Å². The van der Waals surface area contributed by atoms with Gasteiger partial charge in [0, 0.05) is 16.5 Å². The van der Waals surface area contributed by atoms with Gasteiger partial charge in [-0.2, -0.15) is 0 Å². The summed E-state index contributed by atoms with van der Waals surface area (Å²) in [5, 5.41) is 5.58. The molecule has 1 saturated carbocycles. The van der Waals surface area contributed by atoms with E-state index in [-0.39, 0.29) is 11.8 Å². The molecule has 2 N–H and O–H groups in total. The number of benzene rings is 1. The van der Waals surface area contributed by atoms with Crippen molar-refractivity contribution in [2.75, 3.05) is 0 Å². The number of aryl methyl sites for hydroxylation is 1. The van der Waals surface area contributed by atoms with Gasteiger partial charge in [-0.3, -0.25) is 9.59 Å². The van der Waals surface area contributed by atoms with Crippen LogP contribution in [0.4, 0.5) is 0 Å². The topological polar surface area (TPSA) is 58.2 Å². The summed E-state index contributed by atoms with van der Waals surface area (Å²) in [5.74, 6) is -0.373. The van der Waals surface area contributed by atoms with E-state index in [0.29, 0.717) is 11.6 Å². The summed E-state index contributed by atoms with van der Waals surface area (Å²) in [6, 6.07) is 5.15. The molecule has 2 rings (SSSR count). The van der Waals surface area contributed by atoms with E-state index in [1.165, 1.54) is 0 Å². The maximum Gasteiger partial charge on any atom is 0.252 e. The number of carbonyl (C=O) groups excluding carboxylic acids is 2. The zero-order valence-electron chi connectivity index (χ0n) is 11.1. The average Bonchev–Trinajstić information content (AvgIpc) is 3.15. The van der Waals surface area contributed by atoms with Crippen LogP contribution in [-0.2, 0) is 4.79 Å². The molecule has 1 aromatic carbocycles. The number of nitrogens with one attached hydrogen (secondary N) is 2. The average molecular weight is 278 g/mol. The molecule has 102 valence electrons. The van der Waals surface area contributed by atoms with E-state index in [0.717, 1.165) is 23.3 Å². The van der Waals surface area contributed by atoms with Crippen molar-refractivity contribution in [3.63, 3.8) is 0 Å². The molecule has 2 amide bonds. The maximum absolute atomic E-state index is 12.1. The summed E-state index contributed by atoms with van der Waals surface area (Å²) in [6.07, 6.45) is 2.07. The quantitative estimate of drug-likeness (QED) is 0.734. The second kappa shape index (κ2) is 5.65. The Hall–Kier alpha value is -1.49. The molecule has 1 aliphatic rings. The van der Waals surface area contributed by atoms with Crippen molar-refractivity contribution in [2.24, 2.45) is 0 Å². The van der Waals surface area contributed by atoms with E-state index in [2.05, 4.69) is 23.3 Å². The van der Waals surface area contributed by atoms with Gasteiger partial charge in [0.25, 0.3) is 5.91 Å². The Kier molecular flexibility index (Phi) is 4.14. The van der Waals surface area contributed by atoms with Gasteiger partial charge in [-0.1, -0.05) is 6.07 Å². The minimum Gasteiger partial charge on any atom is -0.352 e. The van der Waals surface area contributed by atoms with Gasteiger partial charge < -0.3 is 10.6 Å².